The second kappa shape index (κ2) is 8.84. The number of aromatic nitrogens is 2. The van der Waals surface area contributed by atoms with Crippen LogP contribution in [0.4, 0.5) is 11.6 Å². The molecule has 6 nitrogen and oxygen atoms in total. The van der Waals surface area contributed by atoms with Crippen molar-refractivity contribution in [1.82, 2.24) is 14.9 Å². The van der Waals surface area contributed by atoms with Crippen LogP contribution in [0.5, 0.6) is 0 Å². The molecule has 2 aromatic carbocycles. The van der Waals surface area contributed by atoms with Gasteiger partial charge in [-0.2, -0.15) is 0 Å². The lowest BCUT2D eigenvalue weighted by atomic mass is 10.0. The third kappa shape index (κ3) is 4.60. The number of rotatable bonds is 5. The smallest absolute Gasteiger partial charge is 0.246 e. The Labute approximate surface area is 171 Å². The zero-order valence-corrected chi connectivity index (χ0v) is 16.5. The zero-order chi connectivity index (χ0) is 20.1. The van der Waals surface area contributed by atoms with E-state index in [0.29, 0.717) is 0 Å². The fourth-order valence-corrected chi connectivity index (χ4v) is 3.65. The largest absolute Gasteiger partial charge is 0.338 e. The molecule has 2 heterocycles. The summed E-state index contributed by atoms with van der Waals surface area (Å²) in [5.41, 5.74) is 2.99. The van der Waals surface area contributed by atoms with Gasteiger partial charge >= 0.3 is 0 Å². The van der Waals surface area contributed by atoms with E-state index in [4.69, 9.17) is 0 Å². The Morgan fingerprint density at radius 3 is 2.21 bits per heavy atom. The van der Waals surface area contributed by atoms with E-state index in [1.807, 2.05) is 67.6 Å². The number of piperazine rings is 1. The van der Waals surface area contributed by atoms with Crippen molar-refractivity contribution in [3.8, 4) is 0 Å². The Morgan fingerprint density at radius 2 is 1.55 bits per heavy atom. The molecule has 1 aliphatic heterocycles. The van der Waals surface area contributed by atoms with E-state index in [-0.39, 0.29) is 11.9 Å². The van der Waals surface area contributed by atoms with Crippen molar-refractivity contribution in [3.05, 3.63) is 84.2 Å². The number of nitrogens with one attached hydrogen (secondary N) is 1. The van der Waals surface area contributed by atoms with Crippen molar-refractivity contribution >= 4 is 17.5 Å². The summed E-state index contributed by atoms with van der Waals surface area (Å²) >= 11 is 0. The molecule has 0 radical (unpaired) electrons. The van der Waals surface area contributed by atoms with Gasteiger partial charge in [-0.25, -0.2) is 9.97 Å². The number of hydrogen-bond acceptors (Lipinski definition) is 5. The summed E-state index contributed by atoms with van der Waals surface area (Å²) in [4.78, 5) is 26.3. The molecule has 0 spiro atoms. The number of anilines is 2. The summed E-state index contributed by atoms with van der Waals surface area (Å²) in [5.74, 6) is 0.733. The van der Waals surface area contributed by atoms with Gasteiger partial charge in [0.25, 0.3) is 0 Å². The van der Waals surface area contributed by atoms with E-state index < -0.39 is 0 Å². The van der Waals surface area contributed by atoms with Gasteiger partial charge in [-0.05, 0) is 30.7 Å². The first-order chi connectivity index (χ1) is 14.2. The summed E-state index contributed by atoms with van der Waals surface area (Å²) in [6.45, 7) is 5.13. The molecule has 0 bridgehead atoms. The SMILES string of the molecule is Cc1ccc(NC(=O)C(c2ccccc2)N2CCN(c3ncccn3)CC2)cc1. The Bertz CT molecular complexity index is 923. The van der Waals surface area contributed by atoms with Crippen LogP contribution in [-0.4, -0.2) is 47.0 Å². The average molecular weight is 387 g/mol. The number of hydrogen-bond donors (Lipinski definition) is 1. The zero-order valence-electron chi connectivity index (χ0n) is 16.5. The highest BCUT2D eigenvalue weighted by Crippen LogP contribution is 2.25. The van der Waals surface area contributed by atoms with E-state index >= 15 is 0 Å². The maximum Gasteiger partial charge on any atom is 0.246 e. The molecule has 6 heteroatoms. The molecule has 4 rings (SSSR count). The van der Waals surface area contributed by atoms with Gasteiger partial charge in [0, 0.05) is 44.3 Å². The van der Waals surface area contributed by atoms with Gasteiger partial charge in [0.15, 0.2) is 0 Å². The molecule has 1 atom stereocenters. The third-order valence-electron chi connectivity index (χ3n) is 5.20. The highest BCUT2D eigenvalue weighted by molar-refractivity contribution is 5.95. The summed E-state index contributed by atoms with van der Waals surface area (Å²) in [6.07, 6.45) is 3.52. The monoisotopic (exact) mass is 387 g/mol. The van der Waals surface area contributed by atoms with E-state index in [1.54, 1.807) is 12.4 Å². The number of aryl methyl sites for hydroxylation is 1. The van der Waals surface area contributed by atoms with Crippen molar-refractivity contribution < 1.29 is 4.79 Å². The van der Waals surface area contributed by atoms with Crippen LogP contribution in [0, 0.1) is 6.92 Å². The molecule has 0 aliphatic carbocycles. The van der Waals surface area contributed by atoms with Crippen LogP contribution in [0.1, 0.15) is 17.2 Å². The van der Waals surface area contributed by atoms with Gasteiger partial charge in [0.05, 0.1) is 0 Å². The minimum absolute atomic E-state index is 0.00976. The molecule has 1 fully saturated rings. The van der Waals surface area contributed by atoms with Crippen molar-refractivity contribution in [2.24, 2.45) is 0 Å². The molecular weight excluding hydrogens is 362 g/mol. The van der Waals surface area contributed by atoms with Gasteiger partial charge in [-0.1, -0.05) is 48.0 Å². The molecular formula is C23H25N5O. The summed E-state index contributed by atoms with van der Waals surface area (Å²) in [6, 6.07) is 19.4. The average Bonchev–Trinajstić information content (AvgIpc) is 2.77. The number of carbonyl (C=O) groups excluding carboxylic acids is 1. The molecule has 3 aromatic rings. The van der Waals surface area contributed by atoms with Crippen molar-refractivity contribution in [2.75, 3.05) is 36.4 Å². The van der Waals surface area contributed by atoms with E-state index in [2.05, 4.69) is 25.1 Å². The third-order valence-corrected chi connectivity index (χ3v) is 5.20. The van der Waals surface area contributed by atoms with Gasteiger partial charge in [-0.15, -0.1) is 0 Å². The first-order valence-corrected chi connectivity index (χ1v) is 9.89. The van der Waals surface area contributed by atoms with Crippen LogP contribution in [0.2, 0.25) is 0 Å². The first-order valence-electron chi connectivity index (χ1n) is 9.89. The first kappa shape index (κ1) is 19.1. The highest BCUT2D eigenvalue weighted by atomic mass is 16.2. The molecule has 1 aromatic heterocycles. The van der Waals surface area contributed by atoms with Crippen LogP contribution in [0.25, 0.3) is 0 Å². The van der Waals surface area contributed by atoms with Gasteiger partial charge < -0.3 is 10.2 Å². The maximum atomic E-state index is 13.3. The molecule has 1 saturated heterocycles. The quantitative estimate of drug-likeness (QED) is 0.728. The van der Waals surface area contributed by atoms with Gasteiger partial charge in [-0.3, -0.25) is 9.69 Å². The predicted molar refractivity (Wildman–Crippen MR) is 115 cm³/mol. The molecule has 148 valence electrons. The fourth-order valence-electron chi connectivity index (χ4n) is 3.65. The predicted octanol–water partition coefficient (Wildman–Crippen LogP) is 3.29. The summed E-state index contributed by atoms with van der Waals surface area (Å²) < 4.78 is 0. The standard InChI is InChI=1S/C23H25N5O/c1-18-8-10-20(11-9-18)26-22(29)21(19-6-3-2-4-7-19)27-14-16-28(17-15-27)23-24-12-5-13-25-23/h2-13,21H,14-17H2,1H3,(H,26,29). The number of nitrogens with zero attached hydrogens (tertiary/aromatic N) is 4. The normalized spacial score (nSPS) is 15.7. The lowest BCUT2D eigenvalue weighted by molar-refractivity contribution is -0.121. The van der Waals surface area contributed by atoms with Crippen LogP contribution in [-0.2, 0) is 4.79 Å². The van der Waals surface area contributed by atoms with Crippen LogP contribution < -0.4 is 10.2 Å². The summed E-state index contributed by atoms with van der Waals surface area (Å²) in [5, 5.41) is 3.09. The Balaban J connectivity index is 1.51. The molecule has 0 saturated carbocycles. The number of benzene rings is 2. The molecule has 1 unspecified atom stereocenters. The second-order valence-electron chi connectivity index (χ2n) is 7.24. The van der Waals surface area contributed by atoms with E-state index in [0.717, 1.165) is 43.4 Å². The second-order valence-corrected chi connectivity index (χ2v) is 7.24. The van der Waals surface area contributed by atoms with Gasteiger partial charge in [0.1, 0.15) is 6.04 Å². The Hall–Kier alpha value is -3.25. The minimum Gasteiger partial charge on any atom is -0.338 e. The van der Waals surface area contributed by atoms with Crippen LogP contribution >= 0.6 is 0 Å². The Kier molecular flexibility index (Phi) is 5.81. The van der Waals surface area contributed by atoms with Crippen molar-refractivity contribution in [2.45, 2.75) is 13.0 Å². The van der Waals surface area contributed by atoms with E-state index in [1.165, 1.54) is 5.56 Å². The minimum atomic E-state index is -0.337. The number of amides is 1. The van der Waals surface area contributed by atoms with Crippen LogP contribution in [0.3, 0.4) is 0 Å². The topological polar surface area (TPSA) is 61.4 Å². The molecule has 1 N–H and O–H groups in total. The fraction of sp³-hybridized carbons (Fsp3) is 0.261. The highest BCUT2D eigenvalue weighted by Gasteiger charge is 2.31. The van der Waals surface area contributed by atoms with Crippen molar-refractivity contribution in [3.63, 3.8) is 0 Å². The number of carbonyl (C=O) groups is 1. The molecule has 1 aliphatic rings. The lowest BCUT2D eigenvalue weighted by Crippen LogP contribution is -2.50. The molecule has 1 amide bonds. The maximum absolute atomic E-state index is 13.3. The van der Waals surface area contributed by atoms with Crippen LogP contribution in [0.15, 0.2) is 73.1 Å². The Morgan fingerprint density at radius 1 is 0.897 bits per heavy atom. The lowest BCUT2D eigenvalue weighted by Gasteiger charge is -2.38. The molecule has 29 heavy (non-hydrogen) atoms. The van der Waals surface area contributed by atoms with Crippen molar-refractivity contribution in [1.29, 1.82) is 0 Å². The van der Waals surface area contributed by atoms with E-state index in [9.17, 15) is 4.79 Å². The van der Waals surface area contributed by atoms with Gasteiger partial charge in [0.2, 0.25) is 11.9 Å². The summed E-state index contributed by atoms with van der Waals surface area (Å²) in [7, 11) is 0.